The lowest BCUT2D eigenvalue weighted by atomic mass is 9.84. The first-order chi connectivity index (χ1) is 15.0. The molecule has 1 aromatic carbocycles. The molecule has 3 aliphatic rings. The van der Waals surface area contributed by atoms with E-state index in [0.29, 0.717) is 18.0 Å². The second-order valence-electron chi connectivity index (χ2n) is 8.79. The monoisotopic (exact) mass is 420 g/mol. The summed E-state index contributed by atoms with van der Waals surface area (Å²) in [5.74, 6) is -0.642. The Morgan fingerprint density at radius 3 is 2.71 bits per heavy atom. The molecule has 0 bridgehead atoms. The summed E-state index contributed by atoms with van der Waals surface area (Å²) in [7, 11) is 0. The van der Waals surface area contributed by atoms with Crippen LogP contribution in [0.1, 0.15) is 59.2 Å². The molecule has 31 heavy (non-hydrogen) atoms. The van der Waals surface area contributed by atoms with Gasteiger partial charge in [0, 0.05) is 28.6 Å². The molecule has 1 aromatic heterocycles. The average Bonchev–Trinajstić information content (AvgIpc) is 3.46. The third-order valence-electron chi connectivity index (χ3n) is 6.83. The minimum atomic E-state index is -0.836. The Kier molecular flexibility index (Phi) is 5.16. The molecule has 5 N–H and O–H groups in total. The van der Waals surface area contributed by atoms with E-state index >= 15 is 0 Å². The number of aromatic nitrogens is 1. The molecule has 2 aromatic rings. The van der Waals surface area contributed by atoms with E-state index < -0.39 is 12.0 Å². The third kappa shape index (κ3) is 3.58. The van der Waals surface area contributed by atoms with E-state index in [9.17, 15) is 14.7 Å². The molecular formula is C24H28N4O3. The summed E-state index contributed by atoms with van der Waals surface area (Å²) in [5.41, 5.74) is 6.49. The molecule has 0 radical (unpaired) electrons. The maximum absolute atomic E-state index is 13.0. The number of hydrogen-bond donors (Lipinski definition) is 5. The highest BCUT2D eigenvalue weighted by Gasteiger charge is 2.36. The predicted octanol–water partition coefficient (Wildman–Crippen LogP) is 2.81. The number of aryl methyl sites for hydroxylation is 1. The molecule has 2 atom stereocenters. The molecule has 0 saturated carbocycles. The van der Waals surface area contributed by atoms with Crippen molar-refractivity contribution in [1.29, 1.82) is 0 Å². The maximum Gasteiger partial charge on any atom is 0.321 e. The van der Waals surface area contributed by atoms with Crippen LogP contribution in [-0.2, 0) is 9.59 Å². The quantitative estimate of drug-likeness (QED) is 0.489. The van der Waals surface area contributed by atoms with Gasteiger partial charge in [0.2, 0.25) is 0 Å². The fourth-order valence-corrected chi connectivity index (χ4v) is 5.39. The number of carboxylic acids is 1. The summed E-state index contributed by atoms with van der Waals surface area (Å²) >= 11 is 0. The number of aliphatic carboxylic acids is 1. The summed E-state index contributed by atoms with van der Waals surface area (Å²) < 4.78 is 0. The summed E-state index contributed by atoms with van der Waals surface area (Å²) in [6.45, 7) is 4.61. The van der Waals surface area contributed by atoms with Gasteiger partial charge in [-0.05, 0) is 81.1 Å². The van der Waals surface area contributed by atoms with Crippen LogP contribution < -0.4 is 16.0 Å². The zero-order valence-electron chi connectivity index (χ0n) is 17.6. The number of piperidine rings is 1. The number of carbonyl (C=O) groups is 2. The van der Waals surface area contributed by atoms with Gasteiger partial charge in [0.1, 0.15) is 6.04 Å². The average molecular weight is 421 g/mol. The molecule has 2 fully saturated rings. The van der Waals surface area contributed by atoms with Crippen LogP contribution in [0.3, 0.4) is 0 Å². The second kappa shape index (κ2) is 7.98. The number of benzene rings is 1. The van der Waals surface area contributed by atoms with E-state index in [1.54, 1.807) is 0 Å². The number of anilines is 1. The van der Waals surface area contributed by atoms with Gasteiger partial charge in [-0.25, -0.2) is 0 Å². The Morgan fingerprint density at radius 1 is 1.13 bits per heavy atom. The smallest absolute Gasteiger partial charge is 0.321 e. The second-order valence-corrected chi connectivity index (χ2v) is 8.79. The van der Waals surface area contributed by atoms with Gasteiger partial charge in [0.05, 0.1) is 5.57 Å². The molecule has 1 amide bonds. The van der Waals surface area contributed by atoms with Crippen molar-refractivity contribution in [2.24, 2.45) is 0 Å². The first-order valence-electron chi connectivity index (χ1n) is 11.1. The predicted molar refractivity (Wildman–Crippen MR) is 120 cm³/mol. The van der Waals surface area contributed by atoms with Crippen LogP contribution in [0.4, 0.5) is 5.69 Å². The summed E-state index contributed by atoms with van der Waals surface area (Å²) in [6, 6.07) is 7.53. The van der Waals surface area contributed by atoms with E-state index in [2.05, 4.69) is 27.0 Å². The van der Waals surface area contributed by atoms with Crippen molar-refractivity contribution in [1.82, 2.24) is 15.6 Å². The molecule has 7 nitrogen and oxygen atoms in total. The van der Waals surface area contributed by atoms with Crippen molar-refractivity contribution in [2.75, 3.05) is 25.0 Å². The highest BCUT2D eigenvalue weighted by Crippen LogP contribution is 2.42. The number of nitrogens with one attached hydrogen (secondary N) is 4. The molecule has 1 unspecified atom stereocenters. The zero-order chi connectivity index (χ0) is 21.5. The number of amides is 1. The van der Waals surface area contributed by atoms with Crippen molar-refractivity contribution in [3.63, 3.8) is 0 Å². The molecule has 0 aliphatic carbocycles. The number of aromatic amines is 1. The van der Waals surface area contributed by atoms with Gasteiger partial charge in [0.25, 0.3) is 5.91 Å². The van der Waals surface area contributed by atoms with Gasteiger partial charge in [-0.1, -0.05) is 12.1 Å². The number of carbonyl (C=O) groups excluding carboxylic acids is 1. The summed E-state index contributed by atoms with van der Waals surface area (Å²) in [6.07, 6.45) is 4.79. The highest BCUT2D eigenvalue weighted by molar-refractivity contribution is 6.35. The minimum absolute atomic E-state index is 0.103. The zero-order valence-corrected chi connectivity index (χ0v) is 17.6. The van der Waals surface area contributed by atoms with Crippen molar-refractivity contribution in [3.05, 3.63) is 52.3 Å². The summed E-state index contributed by atoms with van der Waals surface area (Å²) in [5, 5.41) is 19.2. The van der Waals surface area contributed by atoms with Gasteiger partial charge < -0.3 is 26.0 Å². The van der Waals surface area contributed by atoms with E-state index in [1.807, 2.05) is 31.2 Å². The first kappa shape index (κ1) is 20.0. The van der Waals surface area contributed by atoms with Crippen LogP contribution in [0.5, 0.6) is 0 Å². The molecule has 2 saturated heterocycles. The Balaban J connectivity index is 1.58. The van der Waals surface area contributed by atoms with E-state index in [-0.39, 0.29) is 11.8 Å². The molecule has 5 rings (SSSR count). The fraction of sp³-hybridized carbons (Fsp3) is 0.417. The molecule has 0 spiro atoms. The molecular weight excluding hydrogens is 392 g/mol. The van der Waals surface area contributed by atoms with Crippen LogP contribution >= 0.6 is 0 Å². The van der Waals surface area contributed by atoms with Crippen molar-refractivity contribution < 1.29 is 14.7 Å². The summed E-state index contributed by atoms with van der Waals surface area (Å²) in [4.78, 5) is 28.1. The number of fused-ring (bicyclic) bond motifs is 1. The molecule has 4 heterocycles. The van der Waals surface area contributed by atoms with Crippen LogP contribution in [0.15, 0.2) is 24.3 Å². The minimum Gasteiger partial charge on any atom is -0.480 e. The Labute approximate surface area is 181 Å². The first-order valence-corrected chi connectivity index (χ1v) is 11.1. The standard InChI is InChI=1S/C24H28N4O3/c1-13-11-17(16-7-10-26-22(16)24(30)31)20(27-13)12-18-21-15(14-5-8-25-9-6-14)3-2-4-19(21)28-23(18)29/h2-4,11-12,14,16,22,25-27H,5-10H2,1H3,(H,28,29)(H,30,31)/t16?,22-/m0/s1. The lowest BCUT2D eigenvalue weighted by Crippen LogP contribution is -2.34. The molecule has 162 valence electrons. The lowest BCUT2D eigenvalue weighted by Gasteiger charge is -2.25. The van der Waals surface area contributed by atoms with Gasteiger partial charge in [-0.2, -0.15) is 0 Å². The van der Waals surface area contributed by atoms with E-state index in [4.69, 9.17) is 0 Å². The number of rotatable bonds is 4. The van der Waals surface area contributed by atoms with Crippen LogP contribution in [0, 0.1) is 6.92 Å². The largest absolute Gasteiger partial charge is 0.480 e. The van der Waals surface area contributed by atoms with E-state index in [0.717, 1.165) is 60.6 Å². The molecule has 3 aliphatic heterocycles. The Hall–Kier alpha value is -2.90. The van der Waals surface area contributed by atoms with Gasteiger partial charge in [-0.3, -0.25) is 9.59 Å². The number of H-pyrrole nitrogens is 1. The van der Waals surface area contributed by atoms with Crippen molar-refractivity contribution in [2.45, 2.75) is 44.1 Å². The van der Waals surface area contributed by atoms with Gasteiger partial charge in [-0.15, -0.1) is 0 Å². The maximum atomic E-state index is 13.0. The van der Waals surface area contributed by atoms with Crippen LogP contribution in [0.25, 0.3) is 11.6 Å². The number of hydrogen-bond acceptors (Lipinski definition) is 4. The van der Waals surface area contributed by atoms with Gasteiger partial charge >= 0.3 is 5.97 Å². The Morgan fingerprint density at radius 2 is 1.94 bits per heavy atom. The van der Waals surface area contributed by atoms with E-state index in [1.165, 1.54) is 5.56 Å². The van der Waals surface area contributed by atoms with Crippen molar-refractivity contribution >= 4 is 29.2 Å². The number of carboxylic acid groups (broad SMARTS) is 1. The van der Waals surface area contributed by atoms with Gasteiger partial charge in [0.15, 0.2) is 0 Å². The Bertz CT molecular complexity index is 1060. The molecule has 7 heteroatoms. The van der Waals surface area contributed by atoms with Crippen molar-refractivity contribution in [3.8, 4) is 0 Å². The van der Waals surface area contributed by atoms with Crippen LogP contribution in [-0.4, -0.2) is 47.6 Å². The highest BCUT2D eigenvalue weighted by atomic mass is 16.4. The third-order valence-corrected chi connectivity index (χ3v) is 6.83. The fourth-order valence-electron chi connectivity index (χ4n) is 5.39. The normalized spacial score (nSPS) is 25.1. The topological polar surface area (TPSA) is 106 Å². The lowest BCUT2D eigenvalue weighted by molar-refractivity contribution is -0.139. The SMILES string of the molecule is Cc1cc(C2CCN[C@@H]2C(=O)O)c(C=C2C(=O)Nc3cccc(C4CCNCC4)c32)[nH]1. The van der Waals surface area contributed by atoms with Crippen LogP contribution in [0.2, 0.25) is 0 Å².